The standard InChI is InChI=1S/C34H64O4/c1-5-7-9-11-13-15-17-19-21-23-27-37-33(35)31-26-25-29(3)30(4)32(31)34(36)38-28-24-22-20-18-16-14-12-10-8-6-2/h29-32H,5-28H2,1-4H3. The summed E-state index contributed by atoms with van der Waals surface area (Å²) in [5.41, 5.74) is 0. The summed E-state index contributed by atoms with van der Waals surface area (Å²) in [7, 11) is 0. The molecule has 0 aliphatic heterocycles. The van der Waals surface area contributed by atoms with Gasteiger partial charge in [0.25, 0.3) is 0 Å². The first-order valence-electron chi connectivity index (χ1n) is 16.9. The zero-order valence-electron chi connectivity index (χ0n) is 25.9. The second-order valence-corrected chi connectivity index (χ2v) is 12.2. The molecule has 0 aromatic heterocycles. The first kappa shape index (κ1) is 35.0. The Morgan fingerprint density at radius 2 is 0.895 bits per heavy atom. The van der Waals surface area contributed by atoms with Gasteiger partial charge in [0.15, 0.2) is 0 Å². The maximum atomic E-state index is 13.1. The van der Waals surface area contributed by atoms with E-state index in [0.29, 0.717) is 19.1 Å². The molecule has 4 heteroatoms. The van der Waals surface area contributed by atoms with Gasteiger partial charge in [0.05, 0.1) is 25.0 Å². The van der Waals surface area contributed by atoms with Crippen molar-refractivity contribution in [2.75, 3.05) is 13.2 Å². The van der Waals surface area contributed by atoms with Gasteiger partial charge in [0, 0.05) is 0 Å². The van der Waals surface area contributed by atoms with Gasteiger partial charge in [-0.15, -0.1) is 0 Å². The molecule has 38 heavy (non-hydrogen) atoms. The Labute approximate surface area is 236 Å². The highest BCUT2D eigenvalue weighted by Gasteiger charge is 2.44. The van der Waals surface area contributed by atoms with Gasteiger partial charge < -0.3 is 9.47 Å². The molecule has 1 aliphatic carbocycles. The van der Waals surface area contributed by atoms with Crippen molar-refractivity contribution < 1.29 is 19.1 Å². The van der Waals surface area contributed by atoms with Crippen molar-refractivity contribution in [1.29, 1.82) is 0 Å². The van der Waals surface area contributed by atoms with Gasteiger partial charge in [-0.2, -0.15) is 0 Å². The Kier molecular flexibility index (Phi) is 21.9. The van der Waals surface area contributed by atoms with Crippen molar-refractivity contribution in [2.45, 2.75) is 169 Å². The van der Waals surface area contributed by atoms with E-state index in [1.807, 2.05) is 0 Å². The Bertz CT molecular complexity index is 575. The van der Waals surface area contributed by atoms with Crippen LogP contribution in [0.15, 0.2) is 0 Å². The van der Waals surface area contributed by atoms with Crippen molar-refractivity contribution in [3.8, 4) is 0 Å². The molecule has 224 valence electrons. The summed E-state index contributed by atoms with van der Waals surface area (Å²) in [4.78, 5) is 26.0. The lowest BCUT2D eigenvalue weighted by Crippen LogP contribution is -2.42. The second kappa shape index (κ2) is 23.8. The van der Waals surface area contributed by atoms with Crippen LogP contribution < -0.4 is 0 Å². The maximum absolute atomic E-state index is 13.1. The van der Waals surface area contributed by atoms with Crippen molar-refractivity contribution in [3.63, 3.8) is 0 Å². The predicted molar refractivity (Wildman–Crippen MR) is 160 cm³/mol. The van der Waals surface area contributed by atoms with Gasteiger partial charge in [0.2, 0.25) is 0 Å². The lowest BCUT2D eigenvalue weighted by atomic mass is 9.68. The number of esters is 2. The van der Waals surface area contributed by atoms with Crippen molar-refractivity contribution in [3.05, 3.63) is 0 Å². The summed E-state index contributed by atoms with van der Waals surface area (Å²) < 4.78 is 11.4. The molecule has 1 aliphatic rings. The monoisotopic (exact) mass is 536 g/mol. The summed E-state index contributed by atoms with van der Waals surface area (Å²) in [6, 6.07) is 0. The molecule has 0 spiro atoms. The van der Waals surface area contributed by atoms with Crippen LogP contribution in [0.1, 0.15) is 169 Å². The van der Waals surface area contributed by atoms with E-state index in [2.05, 4.69) is 27.7 Å². The van der Waals surface area contributed by atoms with Crippen LogP contribution in [0.5, 0.6) is 0 Å². The average molecular weight is 537 g/mol. The lowest BCUT2D eigenvalue weighted by molar-refractivity contribution is -0.167. The molecule has 4 nitrogen and oxygen atoms in total. The number of hydrogen-bond donors (Lipinski definition) is 0. The van der Waals surface area contributed by atoms with Gasteiger partial charge in [0.1, 0.15) is 0 Å². The van der Waals surface area contributed by atoms with Crippen LogP contribution in [0.4, 0.5) is 0 Å². The molecule has 0 aromatic rings. The first-order valence-corrected chi connectivity index (χ1v) is 16.9. The van der Waals surface area contributed by atoms with E-state index in [0.717, 1.165) is 38.5 Å². The van der Waals surface area contributed by atoms with Gasteiger partial charge in [-0.1, -0.05) is 143 Å². The summed E-state index contributed by atoms with van der Waals surface area (Å²) in [5, 5.41) is 0. The van der Waals surface area contributed by atoms with E-state index in [1.54, 1.807) is 0 Å². The Hall–Kier alpha value is -1.06. The number of rotatable bonds is 24. The maximum Gasteiger partial charge on any atom is 0.310 e. The van der Waals surface area contributed by atoms with Crippen LogP contribution in [-0.4, -0.2) is 25.2 Å². The van der Waals surface area contributed by atoms with E-state index in [-0.39, 0.29) is 29.7 Å². The Balaban J connectivity index is 2.23. The summed E-state index contributed by atoms with van der Waals surface area (Å²) in [5.74, 6) is -0.484. The molecule has 0 saturated heterocycles. The number of carbonyl (C=O) groups excluding carboxylic acids is 2. The normalized spacial score (nSPS) is 21.4. The number of carbonyl (C=O) groups is 2. The third kappa shape index (κ3) is 16.1. The fourth-order valence-electron chi connectivity index (χ4n) is 5.98. The summed E-state index contributed by atoms with van der Waals surface area (Å²) >= 11 is 0. The van der Waals surface area contributed by atoms with Crippen LogP contribution >= 0.6 is 0 Å². The van der Waals surface area contributed by atoms with Gasteiger partial charge >= 0.3 is 11.9 Å². The molecule has 1 rings (SSSR count). The predicted octanol–water partition coefficient (Wildman–Crippen LogP) is 10.2. The Morgan fingerprint density at radius 3 is 1.32 bits per heavy atom. The lowest BCUT2D eigenvalue weighted by Gasteiger charge is -2.37. The highest BCUT2D eigenvalue weighted by molar-refractivity contribution is 5.82. The minimum absolute atomic E-state index is 0.152. The molecule has 0 heterocycles. The third-order valence-electron chi connectivity index (χ3n) is 8.89. The molecule has 1 fully saturated rings. The molecule has 0 amide bonds. The van der Waals surface area contributed by atoms with Crippen LogP contribution in [0.2, 0.25) is 0 Å². The fourth-order valence-corrected chi connectivity index (χ4v) is 5.98. The largest absolute Gasteiger partial charge is 0.465 e. The van der Waals surface area contributed by atoms with Crippen molar-refractivity contribution >= 4 is 11.9 Å². The number of hydrogen-bond acceptors (Lipinski definition) is 4. The summed E-state index contributed by atoms with van der Waals surface area (Å²) in [6.45, 7) is 9.78. The third-order valence-corrected chi connectivity index (χ3v) is 8.89. The van der Waals surface area contributed by atoms with E-state index in [9.17, 15) is 9.59 Å². The fraction of sp³-hybridized carbons (Fsp3) is 0.941. The molecule has 0 N–H and O–H groups in total. The molecular formula is C34H64O4. The topological polar surface area (TPSA) is 52.6 Å². The quantitative estimate of drug-likeness (QED) is 0.0909. The Morgan fingerprint density at radius 1 is 0.526 bits per heavy atom. The SMILES string of the molecule is CCCCCCCCCCCCOC(=O)C1CCC(C)C(C)C1C(=O)OCCCCCCCCCCCC. The molecule has 0 radical (unpaired) electrons. The van der Waals surface area contributed by atoms with Crippen LogP contribution in [-0.2, 0) is 19.1 Å². The smallest absolute Gasteiger partial charge is 0.310 e. The van der Waals surface area contributed by atoms with E-state index in [4.69, 9.17) is 9.47 Å². The van der Waals surface area contributed by atoms with Gasteiger partial charge in [-0.05, 0) is 37.5 Å². The van der Waals surface area contributed by atoms with E-state index >= 15 is 0 Å². The molecule has 4 unspecified atom stereocenters. The van der Waals surface area contributed by atoms with Gasteiger partial charge in [-0.3, -0.25) is 9.59 Å². The minimum atomic E-state index is -0.359. The van der Waals surface area contributed by atoms with E-state index in [1.165, 1.54) is 103 Å². The molecule has 0 aromatic carbocycles. The summed E-state index contributed by atoms with van der Waals surface area (Å²) in [6.07, 6.45) is 27.0. The number of unbranched alkanes of at least 4 members (excludes halogenated alkanes) is 18. The van der Waals surface area contributed by atoms with Crippen LogP contribution in [0, 0.1) is 23.7 Å². The average Bonchev–Trinajstić information content (AvgIpc) is 2.91. The van der Waals surface area contributed by atoms with Crippen LogP contribution in [0.25, 0.3) is 0 Å². The molecular weight excluding hydrogens is 472 g/mol. The van der Waals surface area contributed by atoms with Crippen molar-refractivity contribution in [2.24, 2.45) is 23.7 Å². The number of ether oxygens (including phenoxy) is 2. The highest BCUT2D eigenvalue weighted by Crippen LogP contribution is 2.40. The second-order valence-electron chi connectivity index (χ2n) is 12.2. The zero-order chi connectivity index (χ0) is 27.8. The highest BCUT2D eigenvalue weighted by atomic mass is 16.5. The first-order chi connectivity index (χ1) is 18.5. The minimum Gasteiger partial charge on any atom is -0.465 e. The molecule has 4 atom stereocenters. The zero-order valence-corrected chi connectivity index (χ0v) is 25.9. The van der Waals surface area contributed by atoms with E-state index < -0.39 is 0 Å². The van der Waals surface area contributed by atoms with Crippen molar-refractivity contribution in [1.82, 2.24) is 0 Å². The van der Waals surface area contributed by atoms with Crippen LogP contribution in [0.3, 0.4) is 0 Å². The molecule has 1 saturated carbocycles. The molecule has 0 bridgehead atoms. The van der Waals surface area contributed by atoms with Gasteiger partial charge in [-0.25, -0.2) is 0 Å².